The van der Waals surface area contributed by atoms with E-state index >= 15 is 0 Å². The van der Waals surface area contributed by atoms with Gasteiger partial charge in [-0.3, -0.25) is 38.4 Å². The van der Waals surface area contributed by atoms with Crippen LogP contribution in [0.1, 0.15) is 55.4 Å². The lowest BCUT2D eigenvalue weighted by Crippen LogP contribution is -2.67. The van der Waals surface area contributed by atoms with Crippen LogP contribution in [0.4, 0.5) is 0 Å². The summed E-state index contributed by atoms with van der Waals surface area (Å²) in [5, 5.41) is 0. The highest BCUT2D eigenvalue weighted by atomic mass is 16.8. The van der Waals surface area contributed by atoms with Gasteiger partial charge in [0.15, 0.2) is 30.7 Å². The van der Waals surface area contributed by atoms with E-state index in [0.29, 0.717) is 0 Å². The van der Waals surface area contributed by atoms with E-state index in [1.807, 2.05) is 0 Å². The zero-order chi connectivity index (χ0) is 35.6. The molecule has 0 aromatic heterocycles. The molecule has 0 N–H and O–H groups in total. The lowest BCUT2D eigenvalue weighted by molar-refractivity contribution is -0.357. The molecule has 0 aliphatic carbocycles. The van der Waals surface area contributed by atoms with Gasteiger partial charge in [-0.1, -0.05) is 0 Å². The maximum absolute atomic E-state index is 12.3. The van der Waals surface area contributed by atoms with E-state index in [2.05, 4.69) is 0 Å². The number of esters is 8. The summed E-state index contributed by atoms with van der Waals surface area (Å²) in [6.07, 6.45) is -16.3. The van der Waals surface area contributed by atoms with Gasteiger partial charge in [0, 0.05) is 55.4 Å². The van der Waals surface area contributed by atoms with Gasteiger partial charge in [0.1, 0.15) is 31.5 Å². The molecule has 0 radical (unpaired) electrons. The van der Waals surface area contributed by atoms with Crippen LogP contribution in [0.3, 0.4) is 0 Å². The molecule has 47 heavy (non-hydrogen) atoms. The molecular weight excluding hydrogens is 640 g/mol. The minimum absolute atomic E-state index is 0.590. The van der Waals surface area contributed by atoms with Crippen molar-refractivity contribution in [2.24, 2.45) is 0 Å². The minimum atomic E-state index is -1.83. The second-order valence-corrected chi connectivity index (χ2v) is 10.3. The average molecular weight is 679 g/mol. The van der Waals surface area contributed by atoms with Gasteiger partial charge in [-0.25, -0.2) is 0 Å². The topological polar surface area (TPSA) is 238 Å². The van der Waals surface area contributed by atoms with Gasteiger partial charge < -0.3 is 52.1 Å². The van der Waals surface area contributed by atoms with Crippen molar-refractivity contribution in [3.8, 4) is 0 Å². The Morgan fingerprint density at radius 1 is 0.383 bits per heavy atom. The Morgan fingerprint density at radius 3 is 1.11 bits per heavy atom. The second kappa shape index (κ2) is 17.5. The quantitative estimate of drug-likeness (QED) is 0.181. The summed E-state index contributed by atoms with van der Waals surface area (Å²) in [5.41, 5.74) is 0. The highest BCUT2D eigenvalue weighted by Gasteiger charge is 2.58. The summed E-state index contributed by atoms with van der Waals surface area (Å²) >= 11 is 0. The van der Waals surface area contributed by atoms with Crippen LogP contribution < -0.4 is 0 Å². The van der Waals surface area contributed by atoms with E-state index in [1.165, 1.54) is 0 Å². The SMILES string of the molecule is CC(=O)OC[C@@H]1O[C@@H](O[C@H]2[C@H](OC(C)=O)[C@@H](OC(C)=O)[C@H](OC(C)=O)O[C@@H]2COC(C)=O)[C@@H](OC(C)=O)[C@H](OC(C)=O)[C@H]1OC(C)=O. The summed E-state index contributed by atoms with van der Waals surface area (Å²) in [6.45, 7) is 7.05. The highest BCUT2D eigenvalue weighted by Crippen LogP contribution is 2.35. The maximum atomic E-state index is 12.3. The van der Waals surface area contributed by atoms with Gasteiger partial charge in [-0.2, -0.15) is 0 Å². The molecule has 2 aliphatic rings. The molecule has 2 aliphatic heterocycles. The highest BCUT2D eigenvalue weighted by molar-refractivity contribution is 5.70. The molecule has 2 fully saturated rings. The summed E-state index contributed by atoms with van der Waals surface area (Å²) in [7, 11) is 0. The third-order valence-electron chi connectivity index (χ3n) is 6.17. The molecule has 0 aromatic rings. The number of carbonyl (C=O) groups is 8. The van der Waals surface area contributed by atoms with Crippen molar-refractivity contribution >= 4 is 47.8 Å². The predicted octanol–water partition coefficient (Wildman–Crippen LogP) is -0.831. The number of rotatable bonds is 12. The molecule has 2 saturated heterocycles. The lowest BCUT2D eigenvalue weighted by atomic mass is 9.96. The molecule has 0 unspecified atom stereocenters. The van der Waals surface area contributed by atoms with Crippen molar-refractivity contribution in [3.63, 3.8) is 0 Å². The molecule has 19 nitrogen and oxygen atoms in total. The number of hydrogen-bond acceptors (Lipinski definition) is 19. The van der Waals surface area contributed by atoms with E-state index in [0.717, 1.165) is 55.4 Å². The van der Waals surface area contributed by atoms with Gasteiger partial charge in [-0.15, -0.1) is 0 Å². The first-order valence-electron chi connectivity index (χ1n) is 14.2. The molecular formula is C28H38O19. The average Bonchev–Trinajstić information content (AvgIpc) is 2.91. The third kappa shape index (κ3) is 12.1. The van der Waals surface area contributed by atoms with Gasteiger partial charge in [0.05, 0.1) is 0 Å². The Bertz CT molecular complexity index is 1200. The standard InChI is InChI=1S/C28H38O19/c1-11(29)37-9-19-21(39-13(3)31)23(40-14(4)32)26(43-17(7)35)28(46-19)47-22-20(10-38-12(2)30)45-27(44-18(8)36)25(42-16(6)34)24(22)41-15(5)33/h19-28H,9-10H2,1-8H3/t19-,20+,21-,22+,23+,24-,25+,26-,27+,28-/m0/s1. The van der Waals surface area contributed by atoms with Crippen LogP contribution in [-0.2, 0) is 90.5 Å². The molecule has 0 aromatic carbocycles. The van der Waals surface area contributed by atoms with E-state index in [-0.39, 0.29) is 0 Å². The zero-order valence-electron chi connectivity index (χ0n) is 26.9. The van der Waals surface area contributed by atoms with Crippen molar-refractivity contribution in [1.29, 1.82) is 0 Å². The summed E-state index contributed by atoms with van der Waals surface area (Å²) in [6, 6.07) is 0. The van der Waals surface area contributed by atoms with E-state index in [9.17, 15) is 38.4 Å². The molecule has 0 amide bonds. The number of carbonyl (C=O) groups excluding carboxylic acids is 8. The van der Waals surface area contributed by atoms with Crippen LogP contribution in [0.2, 0.25) is 0 Å². The Hall–Kier alpha value is -4.36. The fourth-order valence-electron chi connectivity index (χ4n) is 4.73. The van der Waals surface area contributed by atoms with E-state index in [4.69, 9.17) is 52.1 Å². The van der Waals surface area contributed by atoms with Gasteiger partial charge in [0.2, 0.25) is 12.4 Å². The van der Waals surface area contributed by atoms with Crippen LogP contribution in [0.15, 0.2) is 0 Å². The van der Waals surface area contributed by atoms with Crippen LogP contribution in [-0.4, -0.2) is 122 Å². The monoisotopic (exact) mass is 678 g/mol. The lowest BCUT2D eigenvalue weighted by Gasteiger charge is -2.48. The largest absolute Gasteiger partial charge is 0.463 e. The fraction of sp³-hybridized carbons (Fsp3) is 0.714. The van der Waals surface area contributed by atoms with Gasteiger partial charge >= 0.3 is 47.8 Å². The molecule has 2 rings (SSSR count). The summed E-state index contributed by atoms with van der Waals surface area (Å²) in [5.74, 6) is -7.02. The molecule has 10 atom stereocenters. The third-order valence-corrected chi connectivity index (χ3v) is 6.17. The second-order valence-electron chi connectivity index (χ2n) is 10.3. The Balaban J connectivity index is 2.73. The molecule has 0 spiro atoms. The van der Waals surface area contributed by atoms with Crippen molar-refractivity contribution in [3.05, 3.63) is 0 Å². The van der Waals surface area contributed by atoms with Crippen LogP contribution in [0.25, 0.3) is 0 Å². The van der Waals surface area contributed by atoms with Crippen LogP contribution >= 0.6 is 0 Å². The van der Waals surface area contributed by atoms with Crippen LogP contribution in [0.5, 0.6) is 0 Å². The first kappa shape index (κ1) is 38.8. The Kier molecular flexibility index (Phi) is 14.5. The predicted molar refractivity (Wildman–Crippen MR) is 145 cm³/mol. The molecule has 0 saturated carbocycles. The molecule has 264 valence electrons. The molecule has 19 heteroatoms. The maximum Gasteiger partial charge on any atom is 0.305 e. The van der Waals surface area contributed by atoms with Crippen molar-refractivity contribution in [2.45, 2.75) is 117 Å². The normalized spacial score (nSPS) is 30.0. The first-order valence-corrected chi connectivity index (χ1v) is 14.2. The fourth-order valence-corrected chi connectivity index (χ4v) is 4.73. The Morgan fingerprint density at radius 2 is 0.702 bits per heavy atom. The zero-order valence-corrected chi connectivity index (χ0v) is 26.9. The van der Waals surface area contributed by atoms with Gasteiger partial charge in [0.25, 0.3) is 0 Å². The first-order chi connectivity index (χ1) is 21.9. The van der Waals surface area contributed by atoms with Gasteiger partial charge in [-0.05, 0) is 0 Å². The summed E-state index contributed by atoms with van der Waals surface area (Å²) in [4.78, 5) is 96.3. The van der Waals surface area contributed by atoms with Crippen molar-refractivity contribution in [2.75, 3.05) is 13.2 Å². The number of hydrogen-bond donors (Lipinski definition) is 0. The molecule has 2 heterocycles. The summed E-state index contributed by atoms with van der Waals surface area (Å²) < 4.78 is 60.2. The van der Waals surface area contributed by atoms with Crippen LogP contribution in [0, 0.1) is 0 Å². The number of ether oxygens (including phenoxy) is 11. The van der Waals surface area contributed by atoms with Crippen molar-refractivity contribution in [1.82, 2.24) is 0 Å². The van der Waals surface area contributed by atoms with E-state index < -0.39 is 122 Å². The Labute approximate surface area is 268 Å². The van der Waals surface area contributed by atoms with E-state index in [1.54, 1.807) is 0 Å². The molecule has 0 bridgehead atoms. The smallest absolute Gasteiger partial charge is 0.305 e. The minimum Gasteiger partial charge on any atom is -0.463 e. The van der Waals surface area contributed by atoms with Crippen molar-refractivity contribution < 1.29 is 90.5 Å².